The molecule has 0 saturated heterocycles. The van der Waals surface area contributed by atoms with Crippen molar-refractivity contribution < 1.29 is 4.42 Å². The van der Waals surface area contributed by atoms with Crippen molar-refractivity contribution in [3.8, 4) is 11.3 Å². The van der Waals surface area contributed by atoms with Crippen LogP contribution in [0.5, 0.6) is 0 Å². The average molecular weight is 286 g/mol. The second kappa shape index (κ2) is 5.70. The summed E-state index contributed by atoms with van der Waals surface area (Å²) in [5.74, 6) is 0.811. The van der Waals surface area contributed by atoms with E-state index in [1.807, 2.05) is 42.5 Å². The molecule has 2 nitrogen and oxygen atoms in total. The third-order valence-corrected chi connectivity index (χ3v) is 3.62. The van der Waals surface area contributed by atoms with Crippen LogP contribution in [-0.4, -0.2) is 6.54 Å². The summed E-state index contributed by atoms with van der Waals surface area (Å²) in [5.41, 5.74) is 3.00. The minimum Gasteiger partial charge on any atom is -0.456 e. The molecule has 0 bridgehead atoms. The van der Waals surface area contributed by atoms with Gasteiger partial charge in [0.2, 0.25) is 0 Å². The maximum Gasteiger partial charge on any atom is 0.136 e. The number of hydrogen-bond acceptors (Lipinski definition) is 2. The molecular formula is C17H16ClNO. The van der Waals surface area contributed by atoms with E-state index in [9.17, 15) is 0 Å². The number of para-hydroxylation sites is 1. The molecule has 3 aromatic rings. The van der Waals surface area contributed by atoms with Gasteiger partial charge >= 0.3 is 0 Å². The van der Waals surface area contributed by atoms with E-state index in [1.165, 1.54) is 5.56 Å². The lowest BCUT2D eigenvalue weighted by molar-refractivity contribution is 0.631. The molecule has 20 heavy (non-hydrogen) atoms. The van der Waals surface area contributed by atoms with Gasteiger partial charge in [-0.2, -0.15) is 0 Å². The quantitative estimate of drug-likeness (QED) is 0.740. The van der Waals surface area contributed by atoms with E-state index in [0.717, 1.165) is 40.4 Å². The van der Waals surface area contributed by atoms with Crippen LogP contribution in [0.3, 0.4) is 0 Å². The predicted molar refractivity (Wildman–Crippen MR) is 84.0 cm³/mol. The molecule has 3 rings (SSSR count). The Morgan fingerprint density at radius 3 is 2.70 bits per heavy atom. The standard InChI is InChI=1S/C17H16ClNO/c1-2-19-11-12-7-8-14(15(18)9-12)17-10-13-5-3-4-6-16(13)20-17/h3-10,19H,2,11H2,1H3. The Labute approximate surface area is 123 Å². The number of fused-ring (bicyclic) bond motifs is 1. The van der Waals surface area contributed by atoms with Crippen LogP contribution >= 0.6 is 11.6 Å². The number of rotatable bonds is 4. The summed E-state index contributed by atoms with van der Waals surface area (Å²) in [4.78, 5) is 0. The van der Waals surface area contributed by atoms with Crippen molar-refractivity contribution in [3.05, 3.63) is 59.1 Å². The molecule has 2 aromatic carbocycles. The molecular weight excluding hydrogens is 270 g/mol. The Morgan fingerprint density at radius 1 is 1.10 bits per heavy atom. The highest BCUT2D eigenvalue weighted by Gasteiger charge is 2.10. The zero-order chi connectivity index (χ0) is 13.9. The molecule has 0 radical (unpaired) electrons. The first-order chi connectivity index (χ1) is 9.78. The molecule has 102 valence electrons. The van der Waals surface area contributed by atoms with Crippen LogP contribution in [0.25, 0.3) is 22.3 Å². The van der Waals surface area contributed by atoms with Crippen LogP contribution in [0.2, 0.25) is 5.02 Å². The number of furan rings is 1. The van der Waals surface area contributed by atoms with Crippen LogP contribution in [0, 0.1) is 0 Å². The molecule has 0 spiro atoms. The van der Waals surface area contributed by atoms with E-state index < -0.39 is 0 Å². The Morgan fingerprint density at radius 2 is 1.95 bits per heavy atom. The number of nitrogens with one attached hydrogen (secondary N) is 1. The van der Waals surface area contributed by atoms with Crippen molar-refractivity contribution in [2.75, 3.05) is 6.54 Å². The smallest absolute Gasteiger partial charge is 0.136 e. The molecule has 0 saturated carbocycles. The lowest BCUT2D eigenvalue weighted by atomic mass is 10.1. The monoisotopic (exact) mass is 285 g/mol. The van der Waals surface area contributed by atoms with Gasteiger partial charge in [0.1, 0.15) is 11.3 Å². The molecule has 0 atom stereocenters. The van der Waals surface area contributed by atoms with E-state index in [4.69, 9.17) is 16.0 Å². The fourth-order valence-electron chi connectivity index (χ4n) is 2.25. The molecule has 1 heterocycles. The summed E-state index contributed by atoms with van der Waals surface area (Å²) >= 11 is 6.38. The first-order valence-corrected chi connectivity index (χ1v) is 7.14. The van der Waals surface area contributed by atoms with Crippen LogP contribution in [0.1, 0.15) is 12.5 Å². The normalized spacial score (nSPS) is 11.1. The van der Waals surface area contributed by atoms with E-state index in [2.05, 4.69) is 18.3 Å². The summed E-state index contributed by atoms with van der Waals surface area (Å²) in [6.07, 6.45) is 0. The van der Waals surface area contributed by atoms with Crippen LogP contribution < -0.4 is 5.32 Å². The van der Waals surface area contributed by atoms with Gasteiger partial charge in [-0.1, -0.05) is 42.8 Å². The number of benzene rings is 2. The largest absolute Gasteiger partial charge is 0.456 e. The van der Waals surface area contributed by atoms with Crippen molar-refractivity contribution in [2.24, 2.45) is 0 Å². The first kappa shape index (κ1) is 13.2. The van der Waals surface area contributed by atoms with Crippen molar-refractivity contribution >= 4 is 22.6 Å². The number of halogens is 1. The van der Waals surface area contributed by atoms with E-state index >= 15 is 0 Å². The second-order valence-corrected chi connectivity index (χ2v) is 5.15. The van der Waals surface area contributed by atoms with E-state index in [-0.39, 0.29) is 0 Å². The lowest BCUT2D eigenvalue weighted by Gasteiger charge is -2.05. The lowest BCUT2D eigenvalue weighted by Crippen LogP contribution is -2.11. The maximum absolute atomic E-state index is 6.38. The highest BCUT2D eigenvalue weighted by Crippen LogP contribution is 2.33. The first-order valence-electron chi connectivity index (χ1n) is 6.76. The topological polar surface area (TPSA) is 25.2 Å². The third-order valence-electron chi connectivity index (χ3n) is 3.30. The molecule has 1 aromatic heterocycles. The van der Waals surface area contributed by atoms with Gasteiger partial charge in [-0.25, -0.2) is 0 Å². The van der Waals surface area contributed by atoms with Crippen molar-refractivity contribution in [3.63, 3.8) is 0 Å². The van der Waals surface area contributed by atoms with Gasteiger partial charge < -0.3 is 9.73 Å². The van der Waals surface area contributed by atoms with Crippen LogP contribution in [0.4, 0.5) is 0 Å². The molecule has 0 unspecified atom stereocenters. The SMILES string of the molecule is CCNCc1ccc(-c2cc3ccccc3o2)c(Cl)c1. The summed E-state index contributed by atoms with van der Waals surface area (Å²) in [6, 6.07) is 16.1. The second-order valence-electron chi connectivity index (χ2n) is 4.74. The molecule has 0 aliphatic rings. The highest BCUT2D eigenvalue weighted by molar-refractivity contribution is 6.33. The number of hydrogen-bond donors (Lipinski definition) is 1. The predicted octanol–water partition coefficient (Wildman–Crippen LogP) is 4.86. The zero-order valence-corrected chi connectivity index (χ0v) is 12.1. The van der Waals surface area contributed by atoms with E-state index in [0.29, 0.717) is 0 Å². The molecule has 0 amide bonds. The van der Waals surface area contributed by atoms with Gasteiger partial charge in [0, 0.05) is 17.5 Å². The summed E-state index contributed by atoms with van der Waals surface area (Å²) in [6.45, 7) is 3.87. The van der Waals surface area contributed by atoms with Crippen molar-refractivity contribution in [1.82, 2.24) is 5.32 Å². The fourth-order valence-corrected chi connectivity index (χ4v) is 2.55. The Kier molecular flexibility index (Phi) is 3.77. The maximum atomic E-state index is 6.38. The molecule has 0 aliphatic carbocycles. The summed E-state index contributed by atoms with van der Waals surface area (Å²) in [7, 11) is 0. The Hall–Kier alpha value is -1.77. The minimum absolute atomic E-state index is 0.722. The Balaban J connectivity index is 1.97. The van der Waals surface area contributed by atoms with Gasteiger partial charge in [-0.3, -0.25) is 0 Å². The molecule has 1 N–H and O–H groups in total. The van der Waals surface area contributed by atoms with Crippen LogP contribution in [0.15, 0.2) is 52.9 Å². The molecule has 0 aliphatic heterocycles. The minimum atomic E-state index is 0.722. The van der Waals surface area contributed by atoms with Gasteiger partial charge in [-0.05, 0) is 36.4 Å². The Bertz CT molecular complexity index is 700. The third kappa shape index (κ3) is 2.58. The van der Waals surface area contributed by atoms with Crippen molar-refractivity contribution in [1.29, 1.82) is 0 Å². The highest BCUT2D eigenvalue weighted by atomic mass is 35.5. The average Bonchev–Trinajstić information content (AvgIpc) is 2.88. The van der Waals surface area contributed by atoms with Gasteiger partial charge in [-0.15, -0.1) is 0 Å². The molecule has 0 fully saturated rings. The van der Waals surface area contributed by atoms with Crippen molar-refractivity contribution in [2.45, 2.75) is 13.5 Å². The van der Waals surface area contributed by atoms with Crippen LogP contribution in [-0.2, 0) is 6.54 Å². The zero-order valence-electron chi connectivity index (χ0n) is 11.3. The van der Waals surface area contributed by atoms with Gasteiger partial charge in [0.25, 0.3) is 0 Å². The fraction of sp³-hybridized carbons (Fsp3) is 0.176. The summed E-state index contributed by atoms with van der Waals surface area (Å²) < 4.78 is 5.86. The van der Waals surface area contributed by atoms with Gasteiger partial charge in [0.15, 0.2) is 0 Å². The van der Waals surface area contributed by atoms with Gasteiger partial charge in [0.05, 0.1) is 5.02 Å². The molecule has 3 heteroatoms. The van der Waals surface area contributed by atoms with E-state index in [1.54, 1.807) is 0 Å². The summed E-state index contributed by atoms with van der Waals surface area (Å²) in [5, 5.41) is 5.10.